The van der Waals surface area contributed by atoms with Gasteiger partial charge in [-0.05, 0) is 37.3 Å². The first-order valence-corrected chi connectivity index (χ1v) is 5.36. The van der Waals surface area contributed by atoms with Crippen LogP contribution in [0.3, 0.4) is 0 Å². The molecule has 0 bridgehead atoms. The van der Waals surface area contributed by atoms with E-state index < -0.39 is 0 Å². The fourth-order valence-electron chi connectivity index (χ4n) is 1.54. The van der Waals surface area contributed by atoms with Gasteiger partial charge < -0.3 is 5.32 Å². The van der Waals surface area contributed by atoms with Crippen molar-refractivity contribution < 1.29 is 0 Å². The predicted octanol–water partition coefficient (Wildman–Crippen LogP) is 2.65. The lowest BCUT2D eigenvalue weighted by molar-refractivity contribution is 0.333. The molecule has 14 heavy (non-hydrogen) atoms. The minimum atomic E-state index is 0.312. The van der Waals surface area contributed by atoms with Crippen molar-refractivity contribution in [2.75, 3.05) is 11.9 Å². The second-order valence-electron chi connectivity index (χ2n) is 3.85. The molecule has 0 saturated heterocycles. The molecular formula is C10H14ClN3. The summed E-state index contributed by atoms with van der Waals surface area (Å²) in [5.41, 5.74) is 1.05. The van der Waals surface area contributed by atoms with Crippen molar-refractivity contribution in [3.05, 3.63) is 17.0 Å². The third kappa shape index (κ3) is 2.15. The van der Waals surface area contributed by atoms with Crippen molar-refractivity contribution in [1.29, 1.82) is 0 Å². The van der Waals surface area contributed by atoms with Gasteiger partial charge in [0.25, 0.3) is 0 Å². The number of nitrogens with one attached hydrogen (secondary N) is 1. The van der Waals surface area contributed by atoms with E-state index in [0.29, 0.717) is 5.28 Å². The molecular weight excluding hydrogens is 198 g/mol. The van der Waals surface area contributed by atoms with E-state index in [4.69, 9.17) is 11.6 Å². The molecule has 1 N–H and O–H groups in total. The lowest BCUT2D eigenvalue weighted by Crippen LogP contribution is -2.21. The van der Waals surface area contributed by atoms with Crippen molar-refractivity contribution in [1.82, 2.24) is 9.97 Å². The fraction of sp³-hybridized carbons (Fsp3) is 0.600. The number of anilines is 1. The monoisotopic (exact) mass is 211 g/mol. The van der Waals surface area contributed by atoms with E-state index in [1.54, 1.807) is 6.20 Å². The number of aryl methyl sites for hydroxylation is 1. The lowest BCUT2D eigenvalue weighted by atomic mass is 9.85. The lowest BCUT2D eigenvalue weighted by Gasteiger charge is -2.25. The molecule has 1 saturated carbocycles. The zero-order chi connectivity index (χ0) is 9.97. The maximum absolute atomic E-state index is 5.72. The van der Waals surface area contributed by atoms with E-state index in [0.717, 1.165) is 23.8 Å². The number of halogens is 1. The molecule has 0 aromatic carbocycles. The summed E-state index contributed by atoms with van der Waals surface area (Å²) in [6.45, 7) is 2.99. The Balaban J connectivity index is 1.96. The van der Waals surface area contributed by atoms with Crippen molar-refractivity contribution in [2.24, 2.45) is 5.92 Å². The average Bonchev–Trinajstić information content (AvgIpc) is 2.08. The number of aromatic nitrogens is 2. The van der Waals surface area contributed by atoms with Gasteiger partial charge in [0.05, 0.1) is 0 Å². The van der Waals surface area contributed by atoms with E-state index in [1.807, 2.05) is 6.92 Å². The normalized spacial score (nSPS) is 16.4. The topological polar surface area (TPSA) is 37.8 Å². The van der Waals surface area contributed by atoms with Crippen LogP contribution in [0.5, 0.6) is 0 Å². The third-order valence-electron chi connectivity index (χ3n) is 2.73. The number of nitrogens with zero attached hydrogens (tertiary/aromatic N) is 2. The van der Waals surface area contributed by atoms with Gasteiger partial charge in [-0.1, -0.05) is 6.42 Å². The van der Waals surface area contributed by atoms with E-state index in [2.05, 4.69) is 15.3 Å². The zero-order valence-electron chi connectivity index (χ0n) is 8.26. The fourth-order valence-corrected chi connectivity index (χ4v) is 1.67. The Bertz CT molecular complexity index is 323. The first kappa shape index (κ1) is 9.71. The Labute approximate surface area is 88.9 Å². The standard InChI is InChI=1S/C10H14ClN3/c1-7-5-13-10(11)14-9(7)12-6-8-3-2-4-8/h5,8H,2-4,6H2,1H3,(H,12,13,14). The summed E-state index contributed by atoms with van der Waals surface area (Å²) in [7, 11) is 0. The molecule has 0 unspecified atom stereocenters. The van der Waals surface area contributed by atoms with Gasteiger partial charge in [-0.25, -0.2) is 9.97 Å². The Morgan fingerprint density at radius 3 is 3.00 bits per heavy atom. The molecule has 4 heteroatoms. The van der Waals surface area contributed by atoms with Gasteiger partial charge >= 0.3 is 0 Å². The average molecular weight is 212 g/mol. The molecule has 0 spiro atoms. The molecule has 1 aliphatic rings. The quantitative estimate of drug-likeness (QED) is 0.782. The summed E-state index contributed by atoms with van der Waals surface area (Å²) in [6, 6.07) is 0. The van der Waals surface area contributed by atoms with Crippen molar-refractivity contribution in [2.45, 2.75) is 26.2 Å². The summed E-state index contributed by atoms with van der Waals surface area (Å²) in [5.74, 6) is 1.69. The van der Waals surface area contributed by atoms with Crippen molar-refractivity contribution >= 4 is 17.4 Å². The van der Waals surface area contributed by atoms with Crippen LogP contribution in [0.1, 0.15) is 24.8 Å². The Morgan fingerprint density at radius 2 is 2.36 bits per heavy atom. The number of rotatable bonds is 3. The number of hydrogen-bond acceptors (Lipinski definition) is 3. The van der Waals surface area contributed by atoms with Crippen LogP contribution in [0, 0.1) is 12.8 Å². The third-order valence-corrected chi connectivity index (χ3v) is 2.91. The highest BCUT2D eigenvalue weighted by Gasteiger charge is 2.17. The molecule has 0 amide bonds. The molecule has 1 heterocycles. The van der Waals surface area contributed by atoms with Gasteiger partial charge in [0.1, 0.15) is 5.82 Å². The summed E-state index contributed by atoms with van der Waals surface area (Å²) < 4.78 is 0. The maximum Gasteiger partial charge on any atom is 0.224 e. The molecule has 1 fully saturated rings. The van der Waals surface area contributed by atoms with Gasteiger partial charge in [-0.3, -0.25) is 0 Å². The highest BCUT2D eigenvalue weighted by Crippen LogP contribution is 2.26. The van der Waals surface area contributed by atoms with Crippen molar-refractivity contribution in [3.8, 4) is 0 Å². The van der Waals surface area contributed by atoms with Crippen LogP contribution in [0.25, 0.3) is 0 Å². The van der Waals surface area contributed by atoms with Crippen LogP contribution in [-0.2, 0) is 0 Å². The first-order valence-electron chi connectivity index (χ1n) is 4.98. The predicted molar refractivity (Wildman–Crippen MR) is 57.6 cm³/mol. The van der Waals surface area contributed by atoms with Gasteiger partial charge in [-0.2, -0.15) is 0 Å². The molecule has 1 aromatic rings. The summed E-state index contributed by atoms with van der Waals surface area (Å²) >= 11 is 5.72. The molecule has 76 valence electrons. The molecule has 0 aliphatic heterocycles. The minimum Gasteiger partial charge on any atom is -0.369 e. The largest absolute Gasteiger partial charge is 0.369 e. The second kappa shape index (κ2) is 4.13. The van der Waals surface area contributed by atoms with Crippen molar-refractivity contribution in [3.63, 3.8) is 0 Å². The van der Waals surface area contributed by atoms with Crippen LogP contribution >= 0.6 is 11.6 Å². The highest BCUT2D eigenvalue weighted by atomic mass is 35.5. The van der Waals surface area contributed by atoms with Gasteiger partial charge in [0.2, 0.25) is 5.28 Å². The SMILES string of the molecule is Cc1cnc(Cl)nc1NCC1CCC1. The minimum absolute atomic E-state index is 0.312. The van der Waals surface area contributed by atoms with E-state index in [-0.39, 0.29) is 0 Å². The molecule has 0 atom stereocenters. The zero-order valence-corrected chi connectivity index (χ0v) is 9.01. The molecule has 3 nitrogen and oxygen atoms in total. The molecule has 2 rings (SSSR count). The van der Waals surface area contributed by atoms with E-state index in [1.165, 1.54) is 19.3 Å². The van der Waals surface area contributed by atoms with Crippen LogP contribution in [0.4, 0.5) is 5.82 Å². The van der Waals surface area contributed by atoms with E-state index in [9.17, 15) is 0 Å². The van der Waals surface area contributed by atoms with Gasteiger partial charge in [0.15, 0.2) is 0 Å². The highest BCUT2D eigenvalue weighted by molar-refractivity contribution is 6.28. The van der Waals surface area contributed by atoms with Crippen LogP contribution in [0.2, 0.25) is 5.28 Å². The first-order chi connectivity index (χ1) is 6.75. The molecule has 0 radical (unpaired) electrons. The summed E-state index contributed by atoms with van der Waals surface area (Å²) in [5, 5.41) is 3.63. The number of hydrogen-bond donors (Lipinski definition) is 1. The van der Waals surface area contributed by atoms with Crippen LogP contribution < -0.4 is 5.32 Å². The van der Waals surface area contributed by atoms with Crippen LogP contribution in [0.15, 0.2) is 6.20 Å². The maximum atomic E-state index is 5.72. The Hall–Kier alpha value is -0.830. The smallest absolute Gasteiger partial charge is 0.224 e. The second-order valence-corrected chi connectivity index (χ2v) is 4.19. The Morgan fingerprint density at radius 1 is 1.57 bits per heavy atom. The summed E-state index contributed by atoms with van der Waals surface area (Å²) in [4.78, 5) is 8.06. The van der Waals surface area contributed by atoms with Crippen LogP contribution in [-0.4, -0.2) is 16.5 Å². The molecule has 1 aromatic heterocycles. The van der Waals surface area contributed by atoms with Gasteiger partial charge in [-0.15, -0.1) is 0 Å². The molecule has 1 aliphatic carbocycles. The Kier molecular flexibility index (Phi) is 2.87. The van der Waals surface area contributed by atoms with E-state index >= 15 is 0 Å². The van der Waals surface area contributed by atoms with Gasteiger partial charge in [0, 0.05) is 18.3 Å². The summed E-state index contributed by atoms with van der Waals surface area (Å²) in [6.07, 6.45) is 5.80.